The lowest BCUT2D eigenvalue weighted by molar-refractivity contribution is -0.137. The Hall–Kier alpha value is -3.02. The Morgan fingerprint density at radius 3 is 2.26 bits per heavy atom. The second-order valence-electron chi connectivity index (χ2n) is 9.83. The molecule has 6 N–H and O–H groups in total. The third kappa shape index (κ3) is 3.36. The van der Waals surface area contributed by atoms with E-state index >= 15 is 0 Å². The number of nitrogens with two attached hydrogens (primary N) is 1. The van der Waals surface area contributed by atoms with Gasteiger partial charge in [0.15, 0.2) is 16.5 Å². The van der Waals surface area contributed by atoms with Crippen molar-refractivity contribution in [2.45, 2.75) is 30.4 Å². The maximum absolute atomic E-state index is 13.2. The summed E-state index contributed by atoms with van der Waals surface area (Å²) < 4.78 is 0. The number of allylic oxidation sites excluding steroid dienone is 1. The zero-order chi connectivity index (χ0) is 26.1. The SMILES string of the molecule is CN(C)c1ccc(O)c2c1[C@H](C(=O)S)[C@H]1C[C@H]3[C@H](N(C)C)C(=O)C(C(N)=O)=C(O)[C@@]3(O)C(O)=C1C2. The smallest absolute Gasteiger partial charge is 0.255 e. The van der Waals surface area contributed by atoms with Crippen LogP contribution in [0.2, 0.25) is 0 Å². The van der Waals surface area contributed by atoms with E-state index in [4.69, 9.17) is 5.73 Å². The van der Waals surface area contributed by atoms with Crippen molar-refractivity contribution in [1.29, 1.82) is 0 Å². The highest BCUT2D eigenvalue weighted by Gasteiger charge is 2.62. The average molecular weight is 504 g/mol. The minimum atomic E-state index is -2.48. The van der Waals surface area contributed by atoms with E-state index in [-0.39, 0.29) is 24.2 Å². The number of amides is 1. The lowest BCUT2D eigenvalue weighted by Crippen LogP contribution is -2.62. The van der Waals surface area contributed by atoms with Crippen molar-refractivity contribution < 1.29 is 34.8 Å². The average Bonchev–Trinajstić information content (AvgIpc) is 2.74. The number of Topliss-reactive ketones (excluding diaryl/α,β-unsaturated/α-hetero) is 1. The van der Waals surface area contributed by atoms with Gasteiger partial charge in [-0.25, -0.2) is 0 Å². The van der Waals surface area contributed by atoms with E-state index in [0.29, 0.717) is 16.8 Å². The Balaban J connectivity index is 2.05. The molecule has 4 rings (SSSR count). The number of benzene rings is 1. The molecule has 0 aromatic heterocycles. The fourth-order valence-corrected chi connectivity index (χ4v) is 6.41. The van der Waals surface area contributed by atoms with Crippen LogP contribution < -0.4 is 10.6 Å². The van der Waals surface area contributed by atoms with Crippen molar-refractivity contribution in [1.82, 2.24) is 4.90 Å². The van der Waals surface area contributed by atoms with Crippen molar-refractivity contribution in [3.05, 3.63) is 45.9 Å². The number of carbonyl (C=O) groups is 3. The number of ketones is 1. The molecule has 11 heteroatoms. The molecule has 0 unspecified atom stereocenters. The number of primary amides is 1. The van der Waals surface area contributed by atoms with Crippen LogP contribution in [0.15, 0.2) is 34.8 Å². The number of carbonyl (C=O) groups excluding carboxylic acids is 3. The highest BCUT2D eigenvalue weighted by Crippen LogP contribution is 2.57. The summed E-state index contributed by atoms with van der Waals surface area (Å²) >= 11 is 4.14. The Labute approximate surface area is 207 Å². The zero-order valence-corrected chi connectivity index (χ0v) is 20.7. The van der Waals surface area contributed by atoms with Crippen LogP contribution in [0.25, 0.3) is 0 Å². The number of aromatic hydroxyl groups is 1. The summed E-state index contributed by atoms with van der Waals surface area (Å²) in [6.45, 7) is 0. The highest BCUT2D eigenvalue weighted by molar-refractivity contribution is 7.96. The van der Waals surface area contributed by atoms with Crippen LogP contribution in [0, 0.1) is 11.8 Å². The van der Waals surface area contributed by atoms with Gasteiger partial charge in [-0.1, -0.05) is 0 Å². The van der Waals surface area contributed by atoms with Gasteiger partial charge < -0.3 is 31.1 Å². The largest absolute Gasteiger partial charge is 0.509 e. The van der Waals surface area contributed by atoms with E-state index in [1.165, 1.54) is 11.0 Å². The minimum absolute atomic E-state index is 0.0134. The van der Waals surface area contributed by atoms with Gasteiger partial charge in [0.05, 0.1) is 12.0 Å². The number of aliphatic hydroxyl groups excluding tert-OH is 2. The summed E-state index contributed by atoms with van der Waals surface area (Å²) in [5, 5.41) is 44.2. The predicted molar refractivity (Wildman–Crippen MR) is 130 cm³/mol. The molecule has 3 aliphatic rings. The topological polar surface area (TPSA) is 165 Å². The molecule has 0 spiro atoms. The minimum Gasteiger partial charge on any atom is -0.509 e. The molecule has 35 heavy (non-hydrogen) atoms. The van der Waals surface area contributed by atoms with Crippen LogP contribution in [0.4, 0.5) is 5.69 Å². The molecule has 1 aromatic rings. The number of anilines is 1. The van der Waals surface area contributed by atoms with Gasteiger partial charge in [0.1, 0.15) is 22.8 Å². The molecule has 0 aliphatic heterocycles. The zero-order valence-electron chi connectivity index (χ0n) is 19.8. The van der Waals surface area contributed by atoms with Crippen molar-refractivity contribution >= 4 is 35.1 Å². The van der Waals surface area contributed by atoms with Gasteiger partial charge in [0.2, 0.25) is 0 Å². The van der Waals surface area contributed by atoms with E-state index in [1.54, 1.807) is 39.2 Å². The molecule has 0 bridgehead atoms. The summed E-state index contributed by atoms with van der Waals surface area (Å²) in [4.78, 5) is 41.5. The molecule has 0 saturated heterocycles. The number of likely N-dealkylation sites (N-methyl/N-ethyl adjacent to an activating group) is 1. The van der Waals surface area contributed by atoms with E-state index < -0.39 is 63.3 Å². The number of nitrogens with zero attached hydrogens (tertiary/aromatic N) is 2. The van der Waals surface area contributed by atoms with Crippen molar-refractivity contribution in [2.75, 3.05) is 33.1 Å². The van der Waals surface area contributed by atoms with E-state index in [1.807, 2.05) is 0 Å². The Morgan fingerprint density at radius 2 is 1.74 bits per heavy atom. The fourth-order valence-electron chi connectivity index (χ4n) is 6.10. The number of phenols is 1. The molecule has 188 valence electrons. The third-order valence-electron chi connectivity index (χ3n) is 7.59. The molecule has 10 nitrogen and oxygen atoms in total. The first-order valence-corrected chi connectivity index (χ1v) is 11.5. The number of aliphatic hydroxyl groups is 3. The molecule has 0 heterocycles. The summed E-state index contributed by atoms with van der Waals surface area (Å²) in [5.41, 5.74) is 3.96. The van der Waals surface area contributed by atoms with Crippen LogP contribution in [-0.4, -0.2) is 82.0 Å². The number of fused-ring (bicyclic) bond motifs is 3. The van der Waals surface area contributed by atoms with E-state index in [2.05, 4.69) is 12.6 Å². The van der Waals surface area contributed by atoms with Crippen LogP contribution in [0.1, 0.15) is 23.5 Å². The van der Waals surface area contributed by atoms with Crippen LogP contribution >= 0.6 is 12.6 Å². The maximum Gasteiger partial charge on any atom is 0.255 e. The molecule has 0 fully saturated rings. The summed E-state index contributed by atoms with van der Waals surface area (Å²) in [6, 6.07) is 2.05. The Morgan fingerprint density at radius 1 is 1.11 bits per heavy atom. The van der Waals surface area contributed by atoms with Gasteiger partial charge >= 0.3 is 0 Å². The lowest BCUT2D eigenvalue weighted by Gasteiger charge is -2.52. The van der Waals surface area contributed by atoms with Crippen molar-refractivity contribution in [2.24, 2.45) is 17.6 Å². The maximum atomic E-state index is 13.2. The number of thiol groups is 1. The van der Waals surface area contributed by atoms with Crippen molar-refractivity contribution in [3.63, 3.8) is 0 Å². The quantitative estimate of drug-likeness (QED) is 0.254. The van der Waals surface area contributed by atoms with Gasteiger partial charge in [-0.05, 0) is 49.7 Å². The molecular formula is C24H29N3O7S. The summed E-state index contributed by atoms with van der Waals surface area (Å²) in [5.74, 6) is -6.45. The summed E-state index contributed by atoms with van der Waals surface area (Å²) in [7, 11) is 6.73. The normalized spacial score (nSPS) is 30.1. The second kappa shape index (κ2) is 8.28. The number of rotatable bonds is 4. The monoisotopic (exact) mass is 503 g/mol. The highest BCUT2D eigenvalue weighted by atomic mass is 32.1. The molecule has 5 atom stereocenters. The van der Waals surface area contributed by atoms with Crippen molar-refractivity contribution in [3.8, 4) is 5.75 Å². The van der Waals surface area contributed by atoms with Gasteiger partial charge in [0.25, 0.3) is 5.91 Å². The van der Waals surface area contributed by atoms with Gasteiger partial charge in [-0.15, -0.1) is 12.6 Å². The van der Waals surface area contributed by atoms with Gasteiger partial charge in [-0.2, -0.15) is 0 Å². The molecule has 3 aliphatic carbocycles. The third-order valence-corrected chi connectivity index (χ3v) is 7.87. The molecule has 0 radical (unpaired) electrons. The van der Waals surface area contributed by atoms with Crippen LogP contribution in [0.5, 0.6) is 5.75 Å². The van der Waals surface area contributed by atoms with Gasteiger partial charge in [0, 0.05) is 37.7 Å². The second-order valence-corrected chi connectivity index (χ2v) is 10.3. The Kier molecular flexibility index (Phi) is 5.94. The number of hydrogen-bond acceptors (Lipinski definition) is 9. The number of phenolic OH excluding ortho intramolecular Hbond substituents is 1. The first-order chi connectivity index (χ1) is 16.2. The standard InChI is InChI=1S/C24H29N3O7S/c1-26(2)13-5-6-14(28)11-7-10-9(16(15(11)13)23(33)35)8-12-18(27(3)4)19(29)17(22(25)32)21(31)24(12,34)20(10)30/h5-6,9,12,16,18,28,30-31,34H,7-8H2,1-4H3,(H2,25,32)(H,33,35)/t9-,12-,16+,18-,24-/m0/s1. The van der Waals surface area contributed by atoms with Crippen LogP contribution in [0.3, 0.4) is 0 Å². The predicted octanol–water partition coefficient (Wildman–Crippen LogP) is 0.544. The van der Waals surface area contributed by atoms with Crippen LogP contribution in [-0.2, 0) is 20.8 Å². The van der Waals surface area contributed by atoms with Gasteiger partial charge in [-0.3, -0.25) is 19.3 Å². The molecule has 1 amide bonds. The first-order valence-electron chi connectivity index (χ1n) is 11.1. The first kappa shape index (κ1) is 25.1. The lowest BCUT2D eigenvalue weighted by atomic mass is 9.57. The van der Waals surface area contributed by atoms with E-state index in [0.717, 1.165) is 0 Å². The molecule has 1 aromatic carbocycles. The molecule has 0 saturated carbocycles. The fraction of sp³-hybridized carbons (Fsp3) is 0.458. The summed E-state index contributed by atoms with van der Waals surface area (Å²) in [6.07, 6.45) is -0.00872. The molecular weight excluding hydrogens is 474 g/mol. The van der Waals surface area contributed by atoms with E-state index in [9.17, 15) is 34.8 Å². The Bertz CT molecular complexity index is 1220. The number of hydrogen-bond donors (Lipinski definition) is 6.